The van der Waals surface area contributed by atoms with Gasteiger partial charge < -0.3 is 16.4 Å². The van der Waals surface area contributed by atoms with Gasteiger partial charge in [0.1, 0.15) is 0 Å². The standard InChI is InChI=1S/C16H27N3O2/c1-10(19-14(20)9-18-15(17)21)5-16-6-11-2-12(7-16)4-13(3-11)8-16/h10-13H,2-9H2,1H3,(H,19,20)(H3,17,18,21)/t10-,11?,12?,13?,16?/m0/s1. The smallest absolute Gasteiger partial charge is 0.312 e. The molecule has 5 heteroatoms. The number of rotatable bonds is 5. The highest BCUT2D eigenvalue weighted by molar-refractivity contribution is 5.83. The Kier molecular flexibility index (Phi) is 3.84. The minimum atomic E-state index is -0.654. The van der Waals surface area contributed by atoms with Gasteiger partial charge in [0, 0.05) is 6.04 Å². The zero-order chi connectivity index (χ0) is 15.0. The van der Waals surface area contributed by atoms with Crippen molar-refractivity contribution in [1.82, 2.24) is 10.6 Å². The van der Waals surface area contributed by atoms with Crippen LogP contribution in [0.25, 0.3) is 0 Å². The number of hydrogen-bond acceptors (Lipinski definition) is 2. The minimum absolute atomic E-state index is 0.0272. The molecule has 1 atom stereocenters. The first-order chi connectivity index (χ1) is 9.94. The van der Waals surface area contributed by atoms with E-state index in [0.717, 1.165) is 24.2 Å². The number of nitrogens with one attached hydrogen (secondary N) is 2. The van der Waals surface area contributed by atoms with Crippen LogP contribution in [0.2, 0.25) is 0 Å². The molecule has 4 rings (SSSR count). The van der Waals surface area contributed by atoms with Gasteiger partial charge in [-0.2, -0.15) is 0 Å². The predicted molar refractivity (Wildman–Crippen MR) is 80.4 cm³/mol. The molecule has 118 valence electrons. The Labute approximate surface area is 126 Å². The molecule has 4 bridgehead atoms. The van der Waals surface area contributed by atoms with Crippen molar-refractivity contribution in [3.05, 3.63) is 0 Å². The molecule has 0 unspecified atom stereocenters. The first-order valence-electron chi connectivity index (χ1n) is 8.27. The molecule has 4 N–H and O–H groups in total. The van der Waals surface area contributed by atoms with Crippen molar-refractivity contribution < 1.29 is 9.59 Å². The summed E-state index contributed by atoms with van der Waals surface area (Å²) in [5, 5.41) is 5.34. The van der Waals surface area contributed by atoms with Crippen molar-refractivity contribution in [3.63, 3.8) is 0 Å². The van der Waals surface area contributed by atoms with E-state index in [9.17, 15) is 9.59 Å². The molecule has 0 spiro atoms. The minimum Gasteiger partial charge on any atom is -0.352 e. The van der Waals surface area contributed by atoms with Crippen molar-refractivity contribution in [2.45, 2.75) is 57.9 Å². The first kappa shape index (κ1) is 14.7. The van der Waals surface area contributed by atoms with E-state index in [1.165, 1.54) is 38.5 Å². The van der Waals surface area contributed by atoms with Crippen LogP contribution in [0.4, 0.5) is 4.79 Å². The van der Waals surface area contributed by atoms with Crippen molar-refractivity contribution in [1.29, 1.82) is 0 Å². The van der Waals surface area contributed by atoms with E-state index in [4.69, 9.17) is 5.73 Å². The van der Waals surface area contributed by atoms with Gasteiger partial charge in [0.25, 0.3) is 0 Å². The van der Waals surface area contributed by atoms with Gasteiger partial charge in [0.15, 0.2) is 0 Å². The summed E-state index contributed by atoms with van der Waals surface area (Å²) in [5.41, 5.74) is 5.45. The molecule has 0 saturated heterocycles. The Bertz CT molecular complexity index is 400. The second kappa shape index (κ2) is 5.50. The molecular weight excluding hydrogens is 266 g/mol. The molecule has 0 radical (unpaired) electrons. The normalized spacial score (nSPS) is 38.0. The van der Waals surface area contributed by atoms with Crippen LogP contribution in [0.15, 0.2) is 0 Å². The van der Waals surface area contributed by atoms with Crippen LogP contribution < -0.4 is 16.4 Å². The van der Waals surface area contributed by atoms with E-state index in [1.54, 1.807) is 0 Å². The summed E-state index contributed by atoms with van der Waals surface area (Å²) in [6.07, 6.45) is 9.50. The van der Waals surface area contributed by atoms with Gasteiger partial charge in [-0.1, -0.05) is 0 Å². The zero-order valence-corrected chi connectivity index (χ0v) is 12.9. The van der Waals surface area contributed by atoms with Crippen LogP contribution in [-0.4, -0.2) is 24.5 Å². The molecule has 21 heavy (non-hydrogen) atoms. The van der Waals surface area contributed by atoms with Gasteiger partial charge in [-0.3, -0.25) is 4.79 Å². The van der Waals surface area contributed by atoms with Crippen molar-refractivity contribution >= 4 is 11.9 Å². The Morgan fingerprint density at radius 2 is 1.67 bits per heavy atom. The summed E-state index contributed by atoms with van der Waals surface area (Å²) in [6.45, 7) is 2.06. The summed E-state index contributed by atoms with van der Waals surface area (Å²) >= 11 is 0. The molecule has 3 amide bonds. The number of nitrogens with two attached hydrogens (primary N) is 1. The largest absolute Gasteiger partial charge is 0.352 e. The van der Waals surface area contributed by atoms with Crippen LogP contribution in [0.5, 0.6) is 0 Å². The molecule has 4 saturated carbocycles. The topological polar surface area (TPSA) is 84.2 Å². The van der Waals surface area contributed by atoms with Crippen molar-refractivity contribution in [2.75, 3.05) is 6.54 Å². The summed E-state index contributed by atoms with van der Waals surface area (Å²) in [6, 6.07) is -0.484. The fourth-order valence-electron chi connectivity index (χ4n) is 5.73. The van der Waals surface area contributed by atoms with E-state index in [-0.39, 0.29) is 18.5 Å². The quantitative estimate of drug-likeness (QED) is 0.721. The van der Waals surface area contributed by atoms with E-state index in [0.29, 0.717) is 5.41 Å². The molecule has 0 aromatic heterocycles. The SMILES string of the molecule is C[C@@H](CC12CC3CC(CC(C3)C1)C2)NC(=O)CNC(N)=O. The van der Waals surface area contributed by atoms with Crippen molar-refractivity contribution in [3.8, 4) is 0 Å². The highest BCUT2D eigenvalue weighted by Gasteiger charge is 2.50. The molecule has 5 nitrogen and oxygen atoms in total. The zero-order valence-electron chi connectivity index (χ0n) is 12.9. The number of urea groups is 1. The average molecular weight is 293 g/mol. The van der Waals surface area contributed by atoms with Gasteiger partial charge in [0.05, 0.1) is 6.54 Å². The summed E-state index contributed by atoms with van der Waals surface area (Å²) < 4.78 is 0. The number of hydrogen-bond donors (Lipinski definition) is 3. The second-order valence-electron chi connectivity index (χ2n) is 7.81. The molecule has 4 fully saturated rings. The van der Waals surface area contributed by atoms with Crippen LogP contribution in [0.3, 0.4) is 0 Å². The highest BCUT2D eigenvalue weighted by atomic mass is 16.2. The van der Waals surface area contributed by atoms with Gasteiger partial charge >= 0.3 is 6.03 Å². The summed E-state index contributed by atoms with van der Waals surface area (Å²) in [5.74, 6) is 2.67. The van der Waals surface area contributed by atoms with Gasteiger partial charge in [0.2, 0.25) is 5.91 Å². The molecule has 0 aromatic rings. The lowest BCUT2D eigenvalue weighted by Gasteiger charge is -2.57. The van der Waals surface area contributed by atoms with Gasteiger partial charge in [-0.15, -0.1) is 0 Å². The molecule has 0 aromatic carbocycles. The summed E-state index contributed by atoms with van der Waals surface area (Å²) in [4.78, 5) is 22.4. The van der Waals surface area contributed by atoms with Crippen LogP contribution in [0.1, 0.15) is 51.9 Å². The maximum atomic E-state index is 11.8. The lowest BCUT2D eigenvalue weighted by molar-refractivity contribution is -0.121. The Morgan fingerprint density at radius 3 is 2.14 bits per heavy atom. The van der Waals surface area contributed by atoms with Crippen LogP contribution >= 0.6 is 0 Å². The second-order valence-corrected chi connectivity index (χ2v) is 7.81. The molecular formula is C16H27N3O2. The first-order valence-corrected chi connectivity index (χ1v) is 8.27. The Morgan fingerprint density at radius 1 is 1.14 bits per heavy atom. The molecule has 0 heterocycles. The third-order valence-electron chi connectivity index (χ3n) is 5.73. The summed E-state index contributed by atoms with van der Waals surface area (Å²) in [7, 11) is 0. The highest BCUT2D eigenvalue weighted by Crippen LogP contribution is 2.61. The lowest BCUT2D eigenvalue weighted by atomic mass is 9.48. The number of amides is 3. The lowest BCUT2D eigenvalue weighted by Crippen LogP contribution is -2.50. The fourth-order valence-corrected chi connectivity index (χ4v) is 5.73. The third kappa shape index (κ3) is 3.33. The Hall–Kier alpha value is -1.26. The predicted octanol–water partition coefficient (Wildman–Crippen LogP) is 1.77. The monoisotopic (exact) mass is 293 g/mol. The molecule has 4 aliphatic carbocycles. The number of carbonyl (C=O) groups excluding carboxylic acids is 2. The fraction of sp³-hybridized carbons (Fsp3) is 0.875. The van der Waals surface area contributed by atoms with E-state index in [1.807, 2.05) is 0 Å². The maximum Gasteiger partial charge on any atom is 0.312 e. The van der Waals surface area contributed by atoms with Crippen LogP contribution in [0, 0.1) is 23.2 Å². The van der Waals surface area contributed by atoms with Crippen molar-refractivity contribution in [2.24, 2.45) is 28.9 Å². The van der Waals surface area contributed by atoms with Gasteiger partial charge in [-0.25, -0.2) is 4.79 Å². The number of primary amides is 1. The van der Waals surface area contributed by atoms with Gasteiger partial charge in [-0.05, 0) is 75.0 Å². The van der Waals surface area contributed by atoms with Crippen LogP contribution in [-0.2, 0) is 4.79 Å². The Balaban J connectivity index is 1.51. The molecule has 0 aliphatic heterocycles. The molecule has 4 aliphatic rings. The van der Waals surface area contributed by atoms with E-state index >= 15 is 0 Å². The third-order valence-corrected chi connectivity index (χ3v) is 5.73. The van der Waals surface area contributed by atoms with E-state index < -0.39 is 6.03 Å². The van der Waals surface area contributed by atoms with E-state index in [2.05, 4.69) is 17.6 Å². The maximum absolute atomic E-state index is 11.8. The number of carbonyl (C=O) groups is 2. The average Bonchev–Trinajstić information content (AvgIpc) is 2.33.